The fourth-order valence-corrected chi connectivity index (χ4v) is 3.68. The minimum Gasteiger partial charge on any atom is -0.326 e. The van der Waals surface area contributed by atoms with Crippen LogP contribution in [0, 0.1) is 5.41 Å². The molecule has 1 rings (SSSR count). The Hall–Kier alpha value is -0.910. The maximum absolute atomic E-state index is 12.6. The van der Waals surface area contributed by atoms with E-state index in [1.165, 1.54) is 4.31 Å². The molecule has 0 aliphatic heterocycles. The number of hydrogen-bond donors (Lipinski definition) is 1. The molecular formula is C15H26N2O2S. The molecule has 0 amide bonds. The van der Waals surface area contributed by atoms with Crippen LogP contribution in [0.4, 0.5) is 0 Å². The van der Waals surface area contributed by atoms with E-state index in [0.717, 1.165) is 17.5 Å². The lowest BCUT2D eigenvalue weighted by molar-refractivity contribution is 0.311. The number of rotatable bonds is 5. The van der Waals surface area contributed by atoms with Gasteiger partial charge in [0, 0.05) is 20.1 Å². The van der Waals surface area contributed by atoms with E-state index in [-0.39, 0.29) is 5.41 Å². The average Bonchev–Trinajstić information content (AvgIpc) is 2.35. The first kappa shape index (κ1) is 17.1. The highest BCUT2D eigenvalue weighted by atomic mass is 32.2. The zero-order valence-corrected chi connectivity index (χ0v) is 13.9. The van der Waals surface area contributed by atoms with Gasteiger partial charge in [0.2, 0.25) is 10.0 Å². The highest BCUT2D eigenvalue weighted by molar-refractivity contribution is 7.89. The van der Waals surface area contributed by atoms with Gasteiger partial charge in [-0.3, -0.25) is 0 Å². The summed E-state index contributed by atoms with van der Waals surface area (Å²) < 4.78 is 26.5. The largest absolute Gasteiger partial charge is 0.326 e. The molecule has 2 N–H and O–H groups in total. The highest BCUT2D eigenvalue weighted by Gasteiger charge is 2.25. The Bertz CT molecular complexity index is 560. The summed E-state index contributed by atoms with van der Waals surface area (Å²) >= 11 is 0. The monoisotopic (exact) mass is 298 g/mol. The molecule has 0 aromatic heterocycles. The molecule has 4 nitrogen and oxygen atoms in total. The Morgan fingerprint density at radius 3 is 2.25 bits per heavy atom. The van der Waals surface area contributed by atoms with Gasteiger partial charge in [0.25, 0.3) is 0 Å². The third-order valence-corrected chi connectivity index (χ3v) is 4.98. The fourth-order valence-electron chi connectivity index (χ4n) is 2.23. The normalized spacial score (nSPS) is 12.9. The maximum Gasteiger partial charge on any atom is 0.242 e. The molecule has 0 aliphatic rings. The molecule has 0 aliphatic carbocycles. The maximum atomic E-state index is 12.6. The molecule has 0 fully saturated rings. The van der Waals surface area contributed by atoms with Gasteiger partial charge in [-0.15, -0.1) is 0 Å². The van der Waals surface area contributed by atoms with Crippen LogP contribution in [0.3, 0.4) is 0 Å². The Labute approximate surface area is 123 Å². The first-order chi connectivity index (χ1) is 9.11. The van der Waals surface area contributed by atoms with Crippen molar-refractivity contribution in [1.82, 2.24) is 4.31 Å². The van der Waals surface area contributed by atoms with Gasteiger partial charge in [-0.2, -0.15) is 0 Å². The van der Waals surface area contributed by atoms with E-state index in [4.69, 9.17) is 5.73 Å². The summed E-state index contributed by atoms with van der Waals surface area (Å²) in [5.74, 6) is 0. The highest BCUT2D eigenvalue weighted by Crippen LogP contribution is 2.23. The zero-order valence-electron chi connectivity index (χ0n) is 13.1. The number of hydrogen-bond acceptors (Lipinski definition) is 3. The summed E-state index contributed by atoms with van der Waals surface area (Å²) in [5, 5.41) is 0. The number of nitrogens with zero attached hydrogens (tertiary/aromatic N) is 1. The molecule has 0 atom stereocenters. The van der Waals surface area contributed by atoms with Crippen LogP contribution in [-0.2, 0) is 23.0 Å². The topological polar surface area (TPSA) is 63.4 Å². The SMILES string of the molecule is CCc1ccc(S(=O)(=O)N(C)CC(C)(C)C)cc1CN. The van der Waals surface area contributed by atoms with Crippen LogP contribution in [0.15, 0.2) is 23.1 Å². The second kappa shape index (κ2) is 6.24. The lowest BCUT2D eigenvalue weighted by atomic mass is 9.97. The van der Waals surface area contributed by atoms with Gasteiger partial charge in [-0.1, -0.05) is 33.8 Å². The van der Waals surface area contributed by atoms with Gasteiger partial charge >= 0.3 is 0 Å². The van der Waals surface area contributed by atoms with Gasteiger partial charge in [0.05, 0.1) is 4.90 Å². The molecule has 114 valence electrons. The van der Waals surface area contributed by atoms with Gasteiger partial charge in [-0.25, -0.2) is 12.7 Å². The zero-order chi connectivity index (χ0) is 15.6. The van der Waals surface area contributed by atoms with Crippen molar-refractivity contribution in [3.63, 3.8) is 0 Å². The third-order valence-electron chi connectivity index (χ3n) is 3.18. The molecular weight excluding hydrogens is 272 g/mol. The third kappa shape index (κ3) is 4.04. The summed E-state index contributed by atoms with van der Waals surface area (Å²) in [6.07, 6.45) is 0.852. The number of nitrogens with two attached hydrogens (primary N) is 1. The van der Waals surface area contributed by atoms with Gasteiger partial charge in [-0.05, 0) is 35.1 Å². The minimum atomic E-state index is -3.45. The predicted octanol–water partition coefficient (Wildman–Crippen LogP) is 2.37. The summed E-state index contributed by atoms with van der Waals surface area (Å²) in [4.78, 5) is 0.321. The summed E-state index contributed by atoms with van der Waals surface area (Å²) in [6.45, 7) is 8.92. The lowest BCUT2D eigenvalue weighted by Crippen LogP contribution is -2.34. The van der Waals surface area contributed by atoms with Crippen LogP contribution in [0.1, 0.15) is 38.8 Å². The van der Waals surface area contributed by atoms with Crippen molar-refractivity contribution in [2.24, 2.45) is 11.1 Å². The molecule has 0 spiro atoms. The molecule has 0 radical (unpaired) electrons. The van der Waals surface area contributed by atoms with E-state index in [2.05, 4.69) is 0 Å². The first-order valence-electron chi connectivity index (χ1n) is 6.90. The Morgan fingerprint density at radius 1 is 1.20 bits per heavy atom. The molecule has 20 heavy (non-hydrogen) atoms. The van der Waals surface area contributed by atoms with E-state index in [1.807, 2.05) is 33.8 Å². The second-order valence-electron chi connectivity index (χ2n) is 6.31. The standard InChI is InChI=1S/C15H26N2O2S/c1-6-12-7-8-14(9-13(12)10-16)20(18,19)17(5)11-15(2,3)4/h7-9H,6,10-11,16H2,1-5H3. The lowest BCUT2D eigenvalue weighted by Gasteiger charge is -2.26. The second-order valence-corrected chi connectivity index (χ2v) is 8.35. The van der Waals surface area contributed by atoms with Crippen LogP contribution in [0.5, 0.6) is 0 Å². The smallest absolute Gasteiger partial charge is 0.242 e. The fraction of sp³-hybridized carbons (Fsp3) is 0.600. The van der Waals surface area contributed by atoms with Crippen LogP contribution >= 0.6 is 0 Å². The van der Waals surface area contributed by atoms with Crippen LogP contribution in [0.2, 0.25) is 0 Å². The van der Waals surface area contributed by atoms with Gasteiger partial charge in [0.15, 0.2) is 0 Å². The van der Waals surface area contributed by atoms with Crippen molar-refractivity contribution in [2.75, 3.05) is 13.6 Å². The Morgan fingerprint density at radius 2 is 1.80 bits per heavy atom. The van der Waals surface area contributed by atoms with Crippen molar-refractivity contribution >= 4 is 10.0 Å². The van der Waals surface area contributed by atoms with Crippen LogP contribution < -0.4 is 5.73 Å². The van der Waals surface area contributed by atoms with Crippen molar-refractivity contribution in [3.8, 4) is 0 Å². The van der Waals surface area contributed by atoms with Gasteiger partial charge in [0.1, 0.15) is 0 Å². The summed E-state index contributed by atoms with van der Waals surface area (Å²) in [6, 6.07) is 5.24. The molecule has 0 saturated carbocycles. The van der Waals surface area contributed by atoms with Crippen LogP contribution in [0.25, 0.3) is 0 Å². The molecule has 5 heteroatoms. The summed E-state index contributed by atoms with van der Waals surface area (Å²) in [5.41, 5.74) is 7.63. The van der Waals surface area contributed by atoms with Crippen molar-refractivity contribution in [1.29, 1.82) is 0 Å². The molecule has 1 aromatic carbocycles. The van der Waals surface area contributed by atoms with E-state index in [0.29, 0.717) is 18.0 Å². The van der Waals surface area contributed by atoms with E-state index >= 15 is 0 Å². The van der Waals surface area contributed by atoms with E-state index < -0.39 is 10.0 Å². The van der Waals surface area contributed by atoms with Crippen molar-refractivity contribution in [2.45, 2.75) is 45.6 Å². The van der Waals surface area contributed by atoms with Crippen molar-refractivity contribution < 1.29 is 8.42 Å². The van der Waals surface area contributed by atoms with E-state index in [9.17, 15) is 8.42 Å². The van der Waals surface area contributed by atoms with Crippen molar-refractivity contribution in [3.05, 3.63) is 29.3 Å². The number of aryl methyl sites for hydroxylation is 1. The molecule has 0 bridgehead atoms. The Balaban J connectivity index is 3.16. The molecule has 0 saturated heterocycles. The summed E-state index contributed by atoms with van der Waals surface area (Å²) in [7, 11) is -1.83. The van der Waals surface area contributed by atoms with Crippen LogP contribution in [-0.4, -0.2) is 26.3 Å². The van der Waals surface area contributed by atoms with E-state index in [1.54, 1.807) is 19.2 Å². The molecule has 1 aromatic rings. The molecule has 0 heterocycles. The average molecular weight is 298 g/mol. The number of benzene rings is 1. The first-order valence-corrected chi connectivity index (χ1v) is 8.34. The molecule has 0 unspecified atom stereocenters. The quantitative estimate of drug-likeness (QED) is 0.907. The predicted molar refractivity (Wildman–Crippen MR) is 83.0 cm³/mol. The minimum absolute atomic E-state index is 0.0815. The number of sulfonamides is 1. The van der Waals surface area contributed by atoms with Gasteiger partial charge < -0.3 is 5.73 Å². The Kier molecular flexibility index (Phi) is 5.35.